The van der Waals surface area contributed by atoms with Crippen LogP contribution in [0.5, 0.6) is 5.75 Å². The van der Waals surface area contributed by atoms with Crippen LogP contribution in [-0.2, 0) is 0 Å². The molecule has 112 valence electrons. The van der Waals surface area contributed by atoms with Gasteiger partial charge in [0.2, 0.25) is 5.78 Å². The zero-order chi connectivity index (χ0) is 15.4. The van der Waals surface area contributed by atoms with Gasteiger partial charge in [0.15, 0.2) is 0 Å². The quantitative estimate of drug-likeness (QED) is 0.561. The Balaban J connectivity index is 1.72. The highest BCUT2D eigenvalue weighted by atomic mass is 32.2. The third kappa shape index (κ3) is 3.25. The fourth-order valence-electron chi connectivity index (χ4n) is 2.28. The monoisotopic (exact) mass is 310 g/mol. The summed E-state index contributed by atoms with van der Waals surface area (Å²) in [5, 5.41) is 0. The van der Waals surface area contributed by atoms with Crippen molar-refractivity contribution < 1.29 is 9.53 Å². The van der Waals surface area contributed by atoms with Gasteiger partial charge in [-0.1, -0.05) is 49.4 Å². The molecule has 0 saturated heterocycles. The number of carbonyl (C=O) groups is 1. The average Bonchev–Trinajstić information content (AvgIpc) is 2.86. The van der Waals surface area contributed by atoms with E-state index < -0.39 is 0 Å². The van der Waals surface area contributed by atoms with Crippen molar-refractivity contribution in [2.24, 2.45) is 0 Å². The summed E-state index contributed by atoms with van der Waals surface area (Å²) in [6.07, 6.45) is 4.14. The zero-order valence-electron chi connectivity index (χ0n) is 12.5. The molecular weight excluding hydrogens is 292 g/mol. The first-order chi connectivity index (χ1) is 10.8. The molecule has 0 aromatic heterocycles. The van der Waals surface area contributed by atoms with Crippen molar-refractivity contribution >= 4 is 23.6 Å². The molecule has 2 aromatic carbocycles. The highest BCUT2D eigenvalue weighted by Crippen LogP contribution is 2.40. The first-order valence-electron chi connectivity index (χ1n) is 7.54. The topological polar surface area (TPSA) is 26.3 Å². The van der Waals surface area contributed by atoms with Crippen molar-refractivity contribution in [1.29, 1.82) is 0 Å². The number of ketones is 1. The molecule has 22 heavy (non-hydrogen) atoms. The van der Waals surface area contributed by atoms with Gasteiger partial charge in [0, 0.05) is 10.5 Å². The number of thioether (sulfide) groups is 1. The smallest absolute Gasteiger partial charge is 0.200 e. The Kier molecular flexibility index (Phi) is 4.64. The Morgan fingerprint density at radius 3 is 2.59 bits per heavy atom. The van der Waals surface area contributed by atoms with Crippen molar-refractivity contribution in [2.75, 3.05) is 6.61 Å². The summed E-state index contributed by atoms with van der Waals surface area (Å²) in [5.74, 6) is 0.994. The highest BCUT2D eigenvalue weighted by molar-refractivity contribution is 8.04. The summed E-state index contributed by atoms with van der Waals surface area (Å²) in [6.45, 7) is 2.90. The maximum Gasteiger partial charge on any atom is 0.200 e. The SMILES string of the molecule is CCCCOc1ccc(/C=C2\Sc3ccccc3C2=O)cc1. The lowest BCUT2D eigenvalue weighted by Crippen LogP contribution is -1.96. The molecule has 0 radical (unpaired) electrons. The molecule has 2 nitrogen and oxygen atoms in total. The van der Waals surface area contributed by atoms with E-state index in [1.54, 1.807) is 11.8 Å². The van der Waals surface area contributed by atoms with Crippen LogP contribution in [0.15, 0.2) is 58.3 Å². The van der Waals surface area contributed by atoms with E-state index in [0.717, 1.165) is 46.1 Å². The summed E-state index contributed by atoms with van der Waals surface area (Å²) >= 11 is 1.54. The Bertz CT molecular complexity index is 702. The number of allylic oxidation sites excluding steroid dienone is 1. The van der Waals surface area contributed by atoms with Gasteiger partial charge in [0.25, 0.3) is 0 Å². The lowest BCUT2D eigenvalue weighted by molar-refractivity contribution is 0.104. The Labute approximate surface area is 135 Å². The van der Waals surface area contributed by atoms with Crippen LogP contribution in [0.3, 0.4) is 0 Å². The molecule has 0 atom stereocenters. The van der Waals surface area contributed by atoms with Crippen LogP contribution < -0.4 is 4.74 Å². The molecule has 0 fully saturated rings. The first-order valence-corrected chi connectivity index (χ1v) is 8.35. The minimum absolute atomic E-state index is 0.115. The summed E-state index contributed by atoms with van der Waals surface area (Å²) in [6, 6.07) is 15.6. The number of fused-ring (bicyclic) bond motifs is 1. The van der Waals surface area contributed by atoms with E-state index >= 15 is 0 Å². The molecule has 0 N–H and O–H groups in total. The number of rotatable bonds is 5. The van der Waals surface area contributed by atoms with E-state index in [1.807, 2.05) is 54.6 Å². The largest absolute Gasteiger partial charge is 0.494 e. The van der Waals surface area contributed by atoms with Crippen molar-refractivity contribution in [1.82, 2.24) is 0 Å². The van der Waals surface area contributed by atoms with Gasteiger partial charge in [-0.15, -0.1) is 0 Å². The molecule has 0 saturated carbocycles. The molecule has 0 bridgehead atoms. The van der Waals surface area contributed by atoms with Crippen molar-refractivity contribution in [2.45, 2.75) is 24.7 Å². The molecule has 1 aliphatic heterocycles. The third-order valence-electron chi connectivity index (χ3n) is 3.52. The molecule has 3 rings (SSSR count). The molecular formula is C19H18O2S. The van der Waals surface area contributed by atoms with Crippen LogP contribution >= 0.6 is 11.8 Å². The van der Waals surface area contributed by atoms with Crippen LogP contribution in [-0.4, -0.2) is 12.4 Å². The number of carbonyl (C=O) groups excluding carboxylic acids is 1. The zero-order valence-corrected chi connectivity index (χ0v) is 13.4. The lowest BCUT2D eigenvalue weighted by atomic mass is 10.1. The maximum absolute atomic E-state index is 12.3. The van der Waals surface area contributed by atoms with E-state index in [-0.39, 0.29) is 5.78 Å². The van der Waals surface area contributed by atoms with E-state index in [2.05, 4.69) is 6.92 Å². The van der Waals surface area contributed by atoms with Gasteiger partial charge in [-0.25, -0.2) is 0 Å². The van der Waals surface area contributed by atoms with Crippen molar-refractivity contribution in [3.05, 3.63) is 64.6 Å². The standard InChI is InChI=1S/C19H18O2S/c1-2-3-12-21-15-10-8-14(9-11-15)13-18-19(20)16-6-4-5-7-17(16)22-18/h4-11,13H,2-3,12H2,1H3/b18-13-. The molecule has 0 unspecified atom stereocenters. The minimum atomic E-state index is 0.115. The second-order valence-corrected chi connectivity index (χ2v) is 6.29. The van der Waals surface area contributed by atoms with Crippen LogP contribution in [0.1, 0.15) is 35.7 Å². The minimum Gasteiger partial charge on any atom is -0.494 e. The molecule has 0 spiro atoms. The number of Topliss-reactive ketones (excluding diaryl/α,β-unsaturated/α-hetero) is 1. The average molecular weight is 310 g/mol. The van der Waals surface area contributed by atoms with E-state index in [4.69, 9.17) is 4.74 Å². The number of ether oxygens (including phenoxy) is 1. The van der Waals surface area contributed by atoms with Gasteiger partial charge >= 0.3 is 0 Å². The molecule has 3 heteroatoms. The van der Waals surface area contributed by atoms with Crippen molar-refractivity contribution in [3.63, 3.8) is 0 Å². The van der Waals surface area contributed by atoms with Crippen LogP contribution in [0, 0.1) is 0 Å². The molecule has 2 aromatic rings. The predicted molar refractivity (Wildman–Crippen MR) is 91.5 cm³/mol. The van der Waals surface area contributed by atoms with E-state index in [0.29, 0.717) is 0 Å². The second kappa shape index (κ2) is 6.84. The fraction of sp³-hybridized carbons (Fsp3) is 0.211. The first kappa shape index (κ1) is 14.9. The number of hydrogen-bond donors (Lipinski definition) is 0. The Hall–Kier alpha value is -2.00. The molecule has 1 aliphatic rings. The maximum atomic E-state index is 12.3. The van der Waals surface area contributed by atoms with Crippen LogP contribution in [0.4, 0.5) is 0 Å². The normalized spacial score (nSPS) is 15.1. The summed E-state index contributed by atoms with van der Waals surface area (Å²) in [7, 11) is 0. The second-order valence-electron chi connectivity index (χ2n) is 5.21. The molecule has 1 heterocycles. The number of benzene rings is 2. The van der Waals surface area contributed by atoms with Gasteiger partial charge in [-0.2, -0.15) is 0 Å². The fourth-order valence-corrected chi connectivity index (χ4v) is 3.33. The summed E-state index contributed by atoms with van der Waals surface area (Å²) < 4.78 is 5.65. The Morgan fingerprint density at radius 2 is 1.86 bits per heavy atom. The highest BCUT2D eigenvalue weighted by Gasteiger charge is 2.24. The van der Waals surface area contributed by atoms with E-state index in [9.17, 15) is 4.79 Å². The van der Waals surface area contributed by atoms with Gasteiger partial charge in [-0.05, 0) is 42.3 Å². The van der Waals surface area contributed by atoms with Gasteiger partial charge in [-0.3, -0.25) is 4.79 Å². The van der Waals surface area contributed by atoms with Crippen LogP contribution in [0.2, 0.25) is 0 Å². The van der Waals surface area contributed by atoms with Gasteiger partial charge in [0.1, 0.15) is 5.75 Å². The van der Waals surface area contributed by atoms with Crippen molar-refractivity contribution in [3.8, 4) is 5.75 Å². The van der Waals surface area contributed by atoms with Crippen LogP contribution in [0.25, 0.3) is 6.08 Å². The predicted octanol–water partition coefficient (Wildman–Crippen LogP) is 5.20. The Morgan fingerprint density at radius 1 is 1.09 bits per heavy atom. The molecule has 0 amide bonds. The summed E-state index contributed by atoms with van der Waals surface area (Å²) in [5.41, 5.74) is 1.82. The molecule has 0 aliphatic carbocycles. The summed E-state index contributed by atoms with van der Waals surface area (Å²) in [4.78, 5) is 14.1. The van der Waals surface area contributed by atoms with Gasteiger partial charge in [0.05, 0.1) is 11.5 Å². The van der Waals surface area contributed by atoms with E-state index in [1.165, 1.54) is 0 Å². The number of hydrogen-bond acceptors (Lipinski definition) is 3. The van der Waals surface area contributed by atoms with Gasteiger partial charge < -0.3 is 4.74 Å². The lowest BCUT2D eigenvalue weighted by Gasteiger charge is -2.05. The third-order valence-corrected chi connectivity index (χ3v) is 4.62. The number of unbranched alkanes of at least 4 members (excludes halogenated alkanes) is 1.